The van der Waals surface area contributed by atoms with Crippen molar-refractivity contribution in [2.75, 3.05) is 36.5 Å². The van der Waals surface area contributed by atoms with E-state index in [-0.39, 0.29) is 5.91 Å². The Hall–Kier alpha value is -2.47. The molecule has 1 fully saturated rings. The molecule has 1 aliphatic heterocycles. The number of rotatable bonds is 3. The van der Waals surface area contributed by atoms with Crippen molar-refractivity contribution in [2.45, 2.75) is 0 Å². The van der Waals surface area contributed by atoms with Gasteiger partial charge in [0.1, 0.15) is 5.82 Å². The van der Waals surface area contributed by atoms with Crippen molar-refractivity contribution in [3.63, 3.8) is 0 Å². The van der Waals surface area contributed by atoms with Crippen LogP contribution in [0.4, 0.5) is 11.5 Å². The van der Waals surface area contributed by atoms with E-state index in [0.29, 0.717) is 11.4 Å². The van der Waals surface area contributed by atoms with Crippen LogP contribution in [0.3, 0.4) is 0 Å². The average Bonchev–Trinajstić information content (AvgIpc) is 2.57. The second-order valence-electron chi connectivity index (χ2n) is 4.70. The van der Waals surface area contributed by atoms with E-state index in [1.54, 1.807) is 30.6 Å². The molecule has 2 aromatic heterocycles. The van der Waals surface area contributed by atoms with Gasteiger partial charge in [-0.05, 0) is 24.3 Å². The van der Waals surface area contributed by atoms with Gasteiger partial charge in [-0.15, -0.1) is 0 Å². The molecule has 0 atom stereocenters. The minimum absolute atomic E-state index is 0.213. The van der Waals surface area contributed by atoms with E-state index >= 15 is 0 Å². The maximum Gasteiger partial charge on any atom is 0.258 e. The number of carbonyl (C=O) groups excluding carboxylic acids is 1. The molecule has 0 aliphatic carbocycles. The van der Waals surface area contributed by atoms with Crippen molar-refractivity contribution in [3.05, 3.63) is 48.4 Å². The highest BCUT2D eigenvalue weighted by Crippen LogP contribution is 2.16. The fourth-order valence-corrected chi connectivity index (χ4v) is 2.15. The maximum atomic E-state index is 12.0. The van der Waals surface area contributed by atoms with Crippen LogP contribution in [0.25, 0.3) is 0 Å². The third-order valence-corrected chi connectivity index (χ3v) is 3.29. The average molecular weight is 284 g/mol. The molecule has 1 aliphatic rings. The van der Waals surface area contributed by atoms with Gasteiger partial charge in [0.15, 0.2) is 0 Å². The van der Waals surface area contributed by atoms with E-state index in [1.165, 1.54) is 6.20 Å². The Kier molecular flexibility index (Phi) is 4.07. The summed E-state index contributed by atoms with van der Waals surface area (Å²) in [6.45, 7) is 3.20. The number of morpholine rings is 1. The van der Waals surface area contributed by atoms with Crippen molar-refractivity contribution in [3.8, 4) is 0 Å². The number of hydrogen-bond acceptors (Lipinski definition) is 5. The summed E-state index contributed by atoms with van der Waals surface area (Å²) in [4.78, 5) is 22.4. The van der Waals surface area contributed by atoms with Crippen LogP contribution >= 0.6 is 0 Å². The molecular weight excluding hydrogens is 268 g/mol. The zero-order chi connectivity index (χ0) is 14.5. The highest BCUT2D eigenvalue weighted by atomic mass is 16.5. The SMILES string of the molecule is O=C(Nc1ccc(N2CCOCC2)cn1)c1cccnc1. The number of nitrogens with one attached hydrogen (secondary N) is 1. The molecule has 6 nitrogen and oxygen atoms in total. The molecule has 0 unspecified atom stereocenters. The first-order chi connectivity index (χ1) is 10.3. The highest BCUT2D eigenvalue weighted by Gasteiger charge is 2.12. The zero-order valence-corrected chi connectivity index (χ0v) is 11.5. The molecule has 0 spiro atoms. The Balaban J connectivity index is 1.65. The molecule has 21 heavy (non-hydrogen) atoms. The van der Waals surface area contributed by atoms with Crippen molar-refractivity contribution in [1.29, 1.82) is 0 Å². The molecule has 1 saturated heterocycles. The lowest BCUT2D eigenvalue weighted by molar-refractivity contribution is 0.102. The normalized spacial score (nSPS) is 14.8. The van der Waals surface area contributed by atoms with Crippen LogP contribution < -0.4 is 10.2 Å². The standard InChI is InChI=1S/C15H16N4O2/c20-15(12-2-1-5-16-10-12)18-14-4-3-13(11-17-14)19-6-8-21-9-7-19/h1-5,10-11H,6-9H2,(H,17,18,20). The summed E-state index contributed by atoms with van der Waals surface area (Å²) in [6, 6.07) is 7.20. The minimum atomic E-state index is -0.213. The number of anilines is 2. The molecule has 0 bridgehead atoms. The summed E-state index contributed by atoms with van der Waals surface area (Å²) < 4.78 is 5.32. The number of hydrogen-bond donors (Lipinski definition) is 1. The molecule has 3 rings (SSSR count). The Labute approximate surface area is 122 Å². The van der Waals surface area contributed by atoms with E-state index in [1.807, 2.05) is 6.07 Å². The van der Waals surface area contributed by atoms with E-state index in [4.69, 9.17) is 4.74 Å². The summed E-state index contributed by atoms with van der Waals surface area (Å²) in [5.74, 6) is 0.315. The predicted molar refractivity (Wildman–Crippen MR) is 79.5 cm³/mol. The highest BCUT2D eigenvalue weighted by molar-refractivity contribution is 6.03. The van der Waals surface area contributed by atoms with Crippen LogP contribution in [0, 0.1) is 0 Å². The lowest BCUT2D eigenvalue weighted by atomic mass is 10.2. The van der Waals surface area contributed by atoms with Gasteiger partial charge in [0.2, 0.25) is 0 Å². The molecule has 1 N–H and O–H groups in total. The molecule has 108 valence electrons. The number of carbonyl (C=O) groups is 1. The number of aromatic nitrogens is 2. The first-order valence-corrected chi connectivity index (χ1v) is 6.83. The van der Waals surface area contributed by atoms with Crippen molar-refractivity contribution in [2.24, 2.45) is 0 Å². The molecule has 0 aromatic carbocycles. The van der Waals surface area contributed by atoms with E-state index < -0.39 is 0 Å². The maximum absolute atomic E-state index is 12.0. The van der Waals surface area contributed by atoms with Gasteiger partial charge in [0.05, 0.1) is 30.7 Å². The van der Waals surface area contributed by atoms with Crippen molar-refractivity contribution in [1.82, 2.24) is 9.97 Å². The second-order valence-corrected chi connectivity index (χ2v) is 4.70. The van der Waals surface area contributed by atoms with Gasteiger partial charge < -0.3 is 15.0 Å². The van der Waals surface area contributed by atoms with Gasteiger partial charge in [-0.2, -0.15) is 0 Å². The molecule has 1 amide bonds. The number of pyridine rings is 2. The number of ether oxygens (including phenoxy) is 1. The Morgan fingerprint density at radius 3 is 2.71 bits per heavy atom. The van der Waals surface area contributed by atoms with Crippen LogP contribution in [0.2, 0.25) is 0 Å². The molecular formula is C15H16N4O2. The van der Waals surface area contributed by atoms with Gasteiger partial charge in [-0.1, -0.05) is 0 Å². The Morgan fingerprint density at radius 1 is 1.19 bits per heavy atom. The Bertz CT molecular complexity index is 595. The van der Waals surface area contributed by atoms with E-state index in [0.717, 1.165) is 32.0 Å². The first kappa shape index (κ1) is 13.5. The quantitative estimate of drug-likeness (QED) is 0.926. The predicted octanol–water partition coefficient (Wildman–Crippen LogP) is 1.57. The molecule has 3 heterocycles. The zero-order valence-electron chi connectivity index (χ0n) is 11.5. The monoisotopic (exact) mass is 284 g/mol. The number of nitrogens with zero attached hydrogens (tertiary/aromatic N) is 3. The summed E-state index contributed by atoms with van der Waals surface area (Å²) in [7, 11) is 0. The minimum Gasteiger partial charge on any atom is -0.378 e. The topological polar surface area (TPSA) is 67.4 Å². The van der Waals surface area contributed by atoms with Crippen LogP contribution in [-0.4, -0.2) is 42.2 Å². The lowest BCUT2D eigenvalue weighted by Crippen LogP contribution is -2.36. The first-order valence-electron chi connectivity index (χ1n) is 6.83. The summed E-state index contributed by atoms with van der Waals surface area (Å²) in [5, 5.41) is 2.76. The molecule has 2 aromatic rings. The summed E-state index contributed by atoms with van der Waals surface area (Å²) in [5.41, 5.74) is 1.55. The van der Waals surface area contributed by atoms with Gasteiger partial charge >= 0.3 is 0 Å². The van der Waals surface area contributed by atoms with Gasteiger partial charge in [0.25, 0.3) is 5.91 Å². The van der Waals surface area contributed by atoms with E-state index in [2.05, 4.69) is 20.2 Å². The smallest absolute Gasteiger partial charge is 0.258 e. The van der Waals surface area contributed by atoms with Gasteiger partial charge in [-0.3, -0.25) is 9.78 Å². The third kappa shape index (κ3) is 3.35. The van der Waals surface area contributed by atoms with Crippen LogP contribution in [-0.2, 0) is 4.74 Å². The lowest BCUT2D eigenvalue weighted by Gasteiger charge is -2.28. The van der Waals surface area contributed by atoms with Gasteiger partial charge in [-0.25, -0.2) is 4.98 Å². The number of amides is 1. The van der Waals surface area contributed by atoms with Crippen molar-refractivity contribution < 1.29 is 9.53 Å². The van der Waals surface area contributed by atoms with Crippen LogP contribution in [0.5, 0.6) is 0 Å². The third-order valence-electron chi connectivity index (χ3n) is 3.29. The van der Waals surface area contributed by atoms with Crippen molar-refractivity contribution >= 4 is 17.4 Å². The fourth-order valence-electron chi connectivity index (χ4n) is 2.15. The second kappa shape index (κ2) is 6.32. The molecule has 6 heteroatoms. The van der Waals surface area contributed by atoms with Gasteiger partial charge in [0, 0.05) is 25.5 Å². The summed E-state index contributed by atoms with van der Waals surface area (Å²) >= 11 is 0. The largest absolute Gasteiger partial charge is 0.378 e. The molecule has 0 radical (unpaired) electrons. The molecule has 0 saturated carbocycles. The van der Waals surface area contributed by atoms with Crippen LogP contribution in [0.15, 0.2) is 42.9 Å². The fraction of sp³-hybridized carbons (Fsp3) is 0.267. The Morgan fingerprint density at radius 2 is 2.05 bits per heavy atom. The summed E-state index contributed by atoms with van der Waals surface area (Å²) in [6.07, 6.45) is 4.92. The van der Waals surface area contributed by atoms with Crippen LogP contribution in [0.1, 0.15) is 10.4 Å². The van der Waals surface area contributed by atoms with E-state index in [9.17, 15) is 4.79 Å².